The van der Waals surface area contributed by atoms with Crippen molar-refractivity contribution in [2.45, 2.75) is 18.9 Å². The molecule has 7 heteroatoms. The minimum Gasteiger partial charge on any atom is -0.472 e. The minimum atomic E-state index is -0.0703. The van der Waals surface area contributed by atoms with Crippen LogP contribution in [0.15, 0.2) is 55.0 Å². The SMILES string of the molecule is O=C(c1cc(-c2ccccc2)n[nH]1)N1CCCC(Oc2ccncn2)C1. The van der Waals surface area contributed by atoms with E-state index in [0.717, 1.165) is 24.1 Å². The average molecular weight is 349 g/mol. The van der Waals surface area contributed by atoms with Crippen LogP contribution in [-0.4, -0.2) is 50.2 Å². The van der Waals surface area contributed by atoms with Crippen LogP contribution < -0.4 is 4.74 Å². The third-order valence-electron chi connectivity index (χ3n) is 4.39. The predicted molar refractivity (Wildman–Crippen MR) is 95.6 cm³/mol. The maximum absolute atomic E-state index is 12.8. The third-order valence-corrected chi connectivity index (χ3v) is 4.39. The number of hydrogen-bond acceptors (Lipinski definition) is 5. The van der Waals surface area contributed by atoms with E-state index in [4.69, 9.17) is 4.74 Å². The summed E-state index contributed by atoms with van der Waals surface area (Å²) in [7, 11) is 0. The Morgan fingerprint density at radius 2 is 2.12 bits per heavy atom. The lowest BCUT2D eigenvalue weighted by Crippen LogP contribution is -2.44. The van der Waals surface area contributed by atoms with Crippen molar-refractivity contribution < 1.29 is 9.53 Å². The predicted octanol–water partition coefficient (Wildman–Crippen LogP) is 2.55. The Kier molecular flexibility index (Phi) is 4.59. The molecule has 1 aliphatic heterocycles. The number of benzene rings is 1. The van der Waals surface area contributed by atoms with Gasteiger partial charge in [0.25, 0.3) is 5.91 Å². The fourth-order valence-corrected chi connectivity index (χ4v) is 3.10. The second-order valence-corrected chi connectivity index (χ2v) is 6.21. The van der Waals surface area contributed by atoms with Gasteiger partial charge in [-0.15, -0.1) is 0 Å². The summed E-state index contributed by atoms with van der Waals surface area (Å²) in [6.45, 7) is 1.24. The van der Waals surface area contributed by atoms with E-state index in [1.165, 1.54) is 6.33 Å². The van der Waals surface area contributed by atoms with Crippen molar-refractivity contribution in [1.82, 2.24) is 25.1 Å². The largest absolute Gasteiger partial charge is 0.472 e. The van der Waals surface area contributed by atoms with Gasteiger partial charge in [0, 0.05) is 24.4 Å². The summed E-state index contributed by atoms with van der Waals surface area (Å²) in [5, 5.41) is 7.13. The number of piperidine rings is 1. The zero-order chi connectivity index (χ0) is 17.8. The lowest BCUT2D eigenvalue weighted by atomic mass is 10.1. The molecule has 1 aromatic carbocycles. The fraction of sp³-hybridized carbons (Fsp3) is 0.263. The van der Waals surface area contributed by atoms with E-state index in [0.29, 0.717) is 24.7 Å². The molecule has 0 aliphatic carbocycles. The smallest absolute Gasteiger partial charge is 0.272 e. The van der Waals surface area contributed by atoms with Crippen molar-refractivity contribution >= 4 is 5.91 Å². The molecule has 1 N–H and O–H groups in total. The second kappa shape index (κ2) is 7.35. The van der Waals surface area contributed by atoms with Crippen molar-refractivity contribution in [3.63, 3.8) is 0 Å². The number of H-pyrrole nitrogens is 1. The van der Waals surface area contributed by atoms with Crippen LogP contribution in [0.25, 0.3) is 11.3 Å². The molecule has 132 valence electrons. The molecule has 0 saturated carbocycles. The van der Waals surface area contributed by atoms with Crippen LogP contribution in [-0.2, 0) is 0 Å². The van der Waals surface area contributed by atoms with Crippen LogP contribution in [0.3, 0.4) is 0 Å². The summed E-state index contributed by atoms with van der Waals surface area (Å²) >= 11 is 0. The summed E-state index contributed by atoms with van der Waals surface area (Å²) in [5.41, 5.74) is 2.23. The Labute approximate surface area is 151 Å². The lowest BCUT2D eigenvalue weighted by molar-refractivity contribution is 0.0522. The van der Waals surface area contributed by atoms with E-state index in [-0.39, 0.29) is 12.0 Å². The number of hydrogen-bond donors (Lipinski definition) is 1. The van der Waals surface area contributed by atoms with Crippen molar-refractivity contribution in [3.8, 4) is 17.1 Å². The van der Waals surface area contributed by atoms with Gasteiger partial charge in [-0.25, -0.2) is 9.97 Å². The van der Waals surface area contributed by atoms with Gasteiger partial charge in [-0.2, -0.15) is 5.10 Å². The van der Waals surface area contributed by atoms with Gasteiger partial charge < -0.3 is 9.64 Å². The van der Waals surface area contributed by atoms with Gasteiger partial charge in [-0.05, 0) is 18.9 Å². The molecule has 0 bridgehead atoms. The first-order valence-corrected chi connectivity index (χ1v) is 8.62. The number of carbonyl (C=O) groups excluding carboxylic acids is 1. The third kappa shape index (κ3) is 3.56. The molecule has 4 rings (SSSR count). The molecule has 7 nitrogen and oxygen atoms in total. The van der Waals surface area contributed by atoms with Gasteiger partial charge in [0.05, 0.1) is 12.2 Å². The zero-order valence-corrected chi connectivity index (χ0v) is 14.2. The molecule has 26 heavy (non-hydrogen) atoms. The van der Waals surface area contributed by atoms with Crippen molar-refractivity contribution in [2.24, 2.45) is 0 Å². The van der Waals surface area contributed by atoms with Gasteiger partial charge in [0.2, 0.25) is 5.88 Å². The number of rotatable bonds is 4. The molecule has 1 unspecified atom stereocenters. The minimum absolute atomic E-state index is 0.0596. The van der Waals surface area contributed by atoms with Gasteiger partial charge >= 0.3 is 0 Å². The Hall–Kier alpha value is -3.22. The molecule has 1 aliphatic rings. The molecule has 1 amide bonds. The van der Waals surface area contributed by atoms with E-state index in [9.17, 15) is 4.79 Å². The van der Waals surface area contributed by atoms with Gasteiger partial charge in [0.15, 0.2) is 0 Å². The van der Waals surface area contributed by atoms with Gasteiger partial charge in [-0.1, -0.05) is 30.3 Å². The highest BCUT2D eigenvalue weighted by Gasteiger charge is 2.27. The number of aromatic nitrogens is 4. The van der Waals surface area contributed by atoms with Crippen LogP contribution in [0.2, 0.25) is 0 Å². The number of ether oxygens (including phenoxy) is 1. The first-order valence-electron chi connectivity index (χ1n) is 8.62. The quantitative estimate of drug-likeness (QED) is 0.782. The number of carbonyl (C=O) groups is 1. The standard InChI is InChI=1S/C19H19N5O2/c25-19(17-11-16(22-23-17)14-5-2-1-3-6-14)24-10-4-7-15(12-24)26-18-8-9-20-13-21-18/h1-3,5-6,8-9,11,13,15H,4,7,10,12H2,(H,22,23). The summed E-state index contributed by atoms with van der Waals surface area (Å²) < 4.78 is 5.88. The Morgan fingerprint density at radius 1 is 1.23 bits per heavy atom. The molecular weight excluding hydrogens is 330 g/mol. The monoisotopic (exact) mass is 349 g/mol. The van der Waals surface area contributed by atoms with E-state index in [1.807, 2.05) is 30.3 Å². The van der Waals surface area contributed by atoms with Gasteiger partial charge in [-0.3, -0.25) is 9.89 Å². The number of likely N-dealkylation sites (tertiary alicyclic amines) is 1. The maximum atomic E-state index is 12.8. The van der Waals surface area contributed by atoms with Crippen LogP contribution in [0.1, 0.15) is 23.3 Å². The van der Waals surface area contributed by atoms with Crippen LogP contribution in [0, 0.1) is 0 Å². The highest BCUT2D eigenvalue weighted by atomic mass is 16.5. The normalized spacial score (nSPS) is 17.1. The van der Waals surface area contributed by atoms with Gasteiger partial charge in [0.1, 0.15) is 18.1 Å². The second-order valence-electron chi connectivity index (χ2n) is 6.21. The summed E-state index contributed by atoms with van der Waals surface area (Å²) in [4.78, 5) is 22.6. The number of amides is 1. The lowest BCUT2D eigenvalue weighted by Gasteiger charge is -2.32. The fourth-order valence-electron chi connectivity index (χ4n) is 3.10. The Bertz CT molecular complexity index is 866. The molecule has 0 radical (unpaired) electrons. The molecule has 1 atom stereocenters. The molecule has 2 aromatic heterocycles. The molecule has 1 fully saturated rings. The molecule has 0 spiro atoms. The highest BCUT2D eigenvalue weighted by Crippen LogP contribution is 2.20. The molecule has 1 saturated heterocycles. The number of nitrogens with one attached hydrogen (secondary N) is 1. The summed E-state index contributed by atoms with van der Waals surface area (Å²) in [6, 6.07) is 13.3. The summed E-state index contributed by atoms with van der Waals surface area (Å²) in [6.07, 6.45) is 4.81. The van der Waals surface area contributed by atoms with Crippen molar-refractivity contribution in [3.05, 3.63) is 60.7 Å². The van der Waals surface area contributed by atoms with E-state index >= 15 is 0 Å². The Balaban J connectivity index is 1.44. The van der Waals surface area contributed by atoms with Crippen LogP contribution in [0.5, 0.6) is 5.88 Å². The highest BCUT2D eigenvalue weighted by molar-refractivity contribution is 5.93. The molecular formula is C19H19N5O2. The van der Waals surface area contributed by atoms with E-state index < -0.39 is 0 Å². The topological polar surface area (TPSA) is 84.0 Å². The maximum Gasteiger partial charge on any atom is 0.272 e. The number of nitrogens with zero attached hydrogens (tertiary/aromatic N) is 4. The molecule has 3 aromatic rings. The molecule has 3 heterocycles. The van der Waals surface area contributed by atoms with Crippen LogP contribution in [0.4, 0.5) is 0 Å². The Morgan fingerprint density at radius 3 is 2.92 bits per heavy atom. The summed E-state index contributed by atoms with van der Waals surface area (Å²) in [5.74, 6) is 0.475. The average Bonchev–Trinajstić information content (AvgIpc) is 3.19. The zero-order valence-electron chi connectivity index (χ0n) is 14.2. The first kappa shape index (κ1) is 16.3. The first-order chi connectivity index (χ1) is 12.8. The van der Waals surface area contributed by atoms with Crippen LogP contribution >= 0.6 is 0 Å². The number of aromatic amines is 1. The van der Waals surface area contributed by atoms with Crippen molar-refractivity contribution in [2.75, 3.05) is 13.1 Å². The van der Waals surface area contributed by atoms with E-state index in [2.05, 4.69) is 20.2 Å². The van der Waals surface area contributed by atoms with Crippen molar-refractivity contribution in [1.29, 1.82) is 0 Å². The van der Waals surface area contributed by atoms with E-state index in [1.54, 1.807) is 23.2 Å².